The predicted octanol–water partition coefficient (Wildman–Crippen LogP) is 5.08. The lowest BCUT2D eigenvalue weighted by Gasteiger charge is -2.16. The number of likely N-dealkylation sites (tertiary alicyclic amines) is 1. The highest BCUT2D eigenvalue weighted by Gasteiger charge is 2.34. The second-order valence-corrected chi connectivity index (χ2v) is 8.85. The van der Waals surface area contributed by atoms with Gasteiger partial charge in [-0.15, -0.1) is 0 Å². The van der Waals surface area contributed by atoms with Gasteiger partial charge in [0.1, 0.15) is 11.5 Å². The van der Waals surface area contributed by atoms with Crippen molar-refractivity contribution in [2.24, 2.45) is 5.92 Å². The molecule has 0 bridgehead atoms. The number of carbonyl (C=O) groups is 1. The standard InChI is InChI=1S/C26H31N3O4/c1-4-13-31-22-9-5-19(6-10-22)15-29-16-21(14-24(29)30)26-27-25(28-33-26)20-7-11-23(12-8-20)32-17-18(2)3/h5-12,18,21H,4,13-17H2,1-3H3. The fourth-order valence-corrected chi connectivity index (χ4v) is 3.70. The van der Waals surface area contributed by atoms with Gasteiger partial charge < -0.3 is 18.9 Å². The van der Waals surface area contributed by atoms with E-state index in [0.717, 1.165) is 29.0 Å². The lowest BCUT2D eigenvalue weighted by molar-refractivity contribution is -0.128. The molecule has 2 heterocycles. The zero-order chi connectivity index (χ0) is 23.2. The van der Waals surface area contributed by atoms with Crippen LogP contribution in [0.4, 0.5) is 0 Å². The molecule has 1 atom stereocenters. The van der Waals surface area contributed by atoms with Crippen molar-refractivity contribution in [1.29, 1.82) is 0 Å². The second kappa shape index (κ2) is 10.5. The van der Waals surface area contributed by atoms with Gasteiger partial charge in [-0.1, -0.05) is 38.1 Å². The normalized spacial score (nSPS) is 15.9. The summed E-state index contributed by atoms with van der Waals surface area (Å²) >= 11 is 0. The van der Waals surface area contributed by atoms with Crippen LogP contribution in [0, 0.1) is 5.92 Å². The van der Waals surface area contributed by atoms with Crippen molar-refractivity contribution < 1.29 is 18.8 Å². The van der Waals surface area contributed by atoms with Gasteiger partial charge in [-0.2, -0.15) is 4.98 Å². The molecule has 0 saturated carbocycles. The number of carbonyl (C=O) groups excluding carboxylic acids is 1. The Morgan fingerprint density at radius 2 is 1.76 bits per heavy atom. The van der Waals surface area contributed by atoms with Gasteiger partial charge in [0, 0.05) is 25.1 Å². The van der Waals surface area contributed by atoms with Crippen LogP contribution in [-0.4, -0.2) is 40.7 Å². The molecule has 7 nitrogen and oxygen atoms in total. The molecule has 174 valence electrons. The number of nitrogens with zero attached hydrogens (tertiary/aromatic N) is 3. The fourth-order valence-electron chi connectivity index (χ4n) is 3.70. The highest BCUT2D eigenvalue weighted by atomic mass is 16.5. The number of benzene rings is 2. The maximum Gasteiger partial charge on any atom is 0.232 e. The third-order valence-corrected chi connectivity index (χ3v) is 5.47. The first-order valence-electron chi connectivity index (χ1n) is 11.6. The minimum absolute atomic E-state index is 0.0951. The Labute approximate surface area is 194 Å². The van der Waals surface area contributed by atoms with E-state index in [9.17, 15) is 4.79 Å². The molecule has 0 radical (unpaired) electrons. The van der Waals surface area contributed by atoms with Crippen molar-refractivity contribution in [2.75, 3.05) is 19.8 Å². The van der Waals surface area contributed by atoms with Crippen molar-refractivity contribution >= 4 is 5.91 Å². The van der Waals surface area contributed by atoms with Crippen LogP contribution in [0.5, 0.6) is 11.5 Å². The topological polar surface area (TPSA) is 77.7 Å². The summed E-state index contributed by atoms with van der Waals surface area (Å²) in [5, 5.41) is 4.13. The molecule has 1 aliphatic rings. The average Bonchev–Trinajstić information content (AvgIpc) is 3.45. The minimum atomic E-state index is -0.0976. The van der Waals surface area contributed by atoms with Crippen LogP contribution < -0.4 is 9.47 Å². The number of hydrogen-bond donors (Lipinski definition) is 0. The lowest BCUT2D eigenvalue weighted by atomic mass is 10.1. The molecular formula is C26H31N3O4. The molecule has 1 amide bonds. The highest BCUT2D eigenvalue weighted by Crippen LogP contribution is 2.30. The summed E-state index contributed by atoms with van der Waals surface area (Å²) in [7, 11) is 0. The Kier molecular flexibility index (Phi) is 7.27. The van der Waals surface area contributed by atoms with Gasteiger partial charge in [-0.3, -0.25) is 4.79 Å². The summed E-state index contributed by atoms with van der Waals surface area (Å²) in [6, 6.07) is 15.6. The largest absolute Gasteiger partial charge is 0.494 e. The van der Waals surface area contributed by atoms with Gasteiger partial charge in [-0.05, 0) is 54.3 Å². The molecular weight excluding hydrogens is 418 g/mol. The number of amides is 1. The molecule has 1 unspecified atom stereocenters. The van der Waals surface area contributed by atoms with Crippen LogP contribution in [0.2, 0.25) is 0 Å². The number of aromatic nitrogens is 2. The molecule has 1 fully saturated rings. The van der Waals surface area contributed by atoms with Gasteiger partial charge in [-0.25, -0.2) is 0 Å². The van der Waals surface area contributed by atoms with E-state index in [1.54, 1.807) is 0 Å². The minimum Gasteiger partial charge on any atom is -0.494 e. The Hall–Kier alpha value is -3.35. The van der Waals surface area contributed by atoms with E-state index in [4.69, 9.17) is 14.0 Å². The van der Waals surface area contributed by atoms with Crippen molar-refractivity contribution in [2.45, 2.75) is 46.1 Å². The molecule has 1 saturated heterocycles. The fraction of sp³-hybridized carbons (Fsp3) is 0.423. The van der Waals surface area contributed by atoms with Crippen LogP contribution in [0.25, 0.3) is 11.4 Å². The first-order chi connectivity index (χ1) is 16.0. The van der Waals surface area contributed by atoms with Gasteiger partial charge in [0.2, 0.25) is 17.6 Å². The Bertz CT molecular complexity index is 1040. The van der Waals surface area contributed by atoms with Gasteiger partial charge in [0.25, 0.3) is 0 Å². The van der Waals surface area contributed by atoms with Crippen LogP contribution in [0.15, 0.2) is 53.1 Å². The number of ether oxygens (including phenoxy) is 2. The summed E-state index contributed by atoms with van der Waals surface area (Å²) in [6.07, 6.45) is 1.35. The van der Waals surface area contributed by atoms with E-state index < -0.39 is 0 Å². The van der Waals surface area contributed by atoms with Crippen molar-refractivity contribution in [3.8, 4) is 22.9 Å². The Morgan fingerprint density at radius 3 is 2.45 bits per heavy atom. The molecule has 1 aliphatic heterocycles. The number of rotatable bonds is 10. The summed E-state index contributed by atoms with van der Waals surface area (Å²) in [5.74, 6) is 3.16. The van der Waals surface area contributed by atoms with E-state index >= 15 is 0 Å². The molecule has 1 aromatic heterocycles. The summed E-state index contributed by atoms with van der Waals surface area (Å²) in [5.41, 5.74) is 1.92. The SMILES string of the molecule is CCCOc1ccc(CN2CC(c3nc(-c4ccc(OCC(C)C)cc4)no3)CC2=O)cc1. The van der Waals surface area contributed by atoms with E-state index in [-0.39, 0.29) is 11.8 Å². The third-order valence-electron chi connectivity index (χ3n) is 5.47. The van der Waals surface area contributed by atoms with E-state index in [1.807, 2.05) is 53.4 Å². The maximum absolute atomic E-state index is 12.6. The quantitative estimate of drug-likeness (QED) is 0.430. The Balaban J connectivity index is 1.35. The van der Waals surface area contributed by atoms with Gasteiger partial charge in [0.05, 0.1) is 19.1 Å². The molecule has 0 N–H and O–H groups in total. The second-order valence-electron chi connectivity index (χ2n) is 8.85. The zero-order valence-electron chi connectivity index (χ0n) is 19.5. The molecule has 0 spiro atoms. The first-order valence-corrected chi connectivity index (χ1v) is 11.6. The highest BCUT2D eigenvalue weighted by molar-refractivity contribution is 5.79. The van der Waals surface area contributed by atoms with E-state index in [2.05, 4.69) is 30.9 Å². The summed E-state index contributed by atoms with van der Waals surface area (Å²) in [6.45, 7) is 8.81. The number of hydrogen-bond acceptors (Lipinski definition) is 6. The molecule has 0 aliphatic carbocycles. The van der Waals surface area contributed by atoms with Crippen LogP contribution in [-0.2, 0) is 11.3 Å². The molecule has 33 heavy (non-hydrogen) atoms. The van der Waals surface area contributed by atoms with Gasteiger partial charge >= 0.3 is 0 Å². The smallest absolute Gasteiger partial charge is 0.232 e. The van der Waals surface area contributed by atoms with Gasteiger partial charge in [0.15, 0.2) is 0 Å². The monoisotopic (exact) mass is 449 g/mol. The lowest BCUT2D eigenvalue weighted by Crippen LogP contribution is -2.24. The molecule has 4 rings (SSSR count). The average molecular weight is 450 g/mol. The van der Waals surface area contributed by atoms with E-state index in [1.165, 1.54) is 0 Å². The third kappa shape index (κ3) is 5.92. The molecule has 2 aromatic carbocycles. The van der Waals surface area contributed by atoms with Crippen LogP contribution >= 0.6 is 0 Å². The van der Waals surface area contributed by atoms with Crippen molar-refractivity contribution in [3.63, 3.8) is 0 Å². The summed E-state index contributed by atoms with van der Waals surface area (Å²) < 4.78 is 16.9. The maximum atomic E-state index is 12.6. The van der Waals surface area contributed by atoms with Crippen LogP contribution in [0.3, 0.4) is 0 Å². The first kappa shape index (κ1) is 22.8. The predicted molar refractivity (Wildman–Crippen MR) is 125 cm³/mol. The molecule has 3 aromatic rings. The van der Waals surface area contributed by atoms with E-state index in [0.29, 0.717) is 50.4 Å². The van der Waals surface area contributed by atoms with Crippen molar-refractivity contribution in [3.05, 3.63) is 60.0 Å². The zero-order valence-corrected chi connectivity index (χ0v) is 19.5. The van der Waals surface area contributed by atoms with Crippen LogP contribution in [0.1, 0.15) is 51.0 Å². The summed E-state index contributed by atoms with van der Waals surface area (Å²) in [4.78, 5) is 19.0. The van der Waals surface area contributed by atoms with Crippen molar-refractivity contribution in [1.82, 2.24) is 15.0 Å². The molecule has 7 heteroatoms. The Morgan fingerprint density at radius 1 is 1.06 bits per heavy atom.